The first kappa shape index (κ1) is 9.40. The van der Waals surface area contributed by atoms with Crippen molar-refractivity contribution >= 4 is 0 Å². The molecule has 82 valence electrons. The van der Waals surface area contributed by atoms with Crippen molar-refractivity contribution < 1.29 is 0 Å². The normalized spacial score (nSPS) is 27.1. The van der Waals surface area contributed by atoms with Gasteiger partial charge in [0.2, 0.25) is 0 Å². The molecule has 0 amide bonds. The van der Waals surface area contributed by atoms with Crippen LogP contribution in [0.3, 0.4) is 0 Å². The molecule has 3 rings (SSSR count). The van der Waals surface area contributed by atoms with Crippen LogP contribution in [0.4, 0.5) is 0 Å². The lowest BCUT2D eigenvalue weighted by atomic mass is 9.78. The Hall–Kier alpha value is -0.830. The molecule has 0 aromatic carbocycles. The van der Waals surface area contributed by atoms with Gasteiger partial charge in [0.1, 0.15) is 0 Å². The highest BCUT2D eigenvalue weighted by Gasteiger charge is 2.51. The SMILES string of the molecule is CC(C)c1n[nH]c2c1C(N)C1(CC2)CC1. The van der Waals surface area contributed by atoms with Crippen LogP contribution >= 0.6 is 0 Å². The average molecular weight is 205 g/mol. The van der Waals surface area contributed by atoms with Crippen molar-refractivity contribution in [2.24, 2.45) is 11.1 Å². The molecule has 3 N–H and O–H groups in total. The summed E-state index contributed by atoms with van der Waals surface area (Å²) in [5, 5.41) is 7.61. The lowest BCUT2D eigenvalue weighted by Crippen LogP contribution is -2.29. The summed E-state index contributed by atoms with van der Waals surface area (Å²) in [5.74, 6) is 0.477. The number of nitrogens with two attached hydrogens (primary N) is 1. The number of rotatable bonds is 1. The van der Waals surface area contributed by atoms with E-state index in [0.717, 1.165) is 6.42 Å². The van der Waals surface area contributed by atoms with Crippen molar-refractivity contribution in [2.75, 3.05) is 0 Å². The standard InChI is InChI=1S/C12H19N3/c1-7(2)10-9-8(14-15-10)3-4-12(5-6-12)11(9)13/h7,11H,3-6,13H2,1-2H3,(H,14,15). The number of aryl methyl sites for hydroxylation is 1. The predicted octanol–water partition coefficient (Wildman–Crippen LogP) is 2.26. The first-order chi connectivity index (χ1) is 7.14. The Labute approximate surface area is 90.4 Å². The van der Waals surface area contributed by atoms with E-state index in [2.05, 4.69) is 24.0 Å². The van der Waals surface area contributed by atoms with Crippen molar-refractivity contribution in [3.8, 4) is 0 Å². The van der Waals surface area contributed by atoms with E-state index in [0.29, 0.717) is 11.3 Å². The lowest BCUT2D eigenvalue weighted by molar-refractivity contribution is 0.350. The molecular formula is C12H19N3. The van der Waals surface area contributed by atoms with Crippen LogP contribution in [0.25, 0.3) is 0 Å². The third-order valence-corrected chi connectivity index (χ3v) is 4.20. The summed E-state index contributed by atoms with van der Waals surface area (Å²) in [7, 11) is 0. The summed E-state index contributed by atoms with van der Waals surface area (Å²) >= 11 is 0. The summed E-state index contributed by atoms with van der Waals surface area (Å²) in [6.07, 6.45) is 5.02. The van der Waals surface area contributed by atoms with Crippen LogP contribution in [0.1, 0.15) is 62.0 Å². The molecule has 2 aliphatic carbocycles. The number of aromatic amines is 1. The van der Waals surface area contributed by atoms with Crippen molar-refractivity contribution in [3.63, 3.8) is 0 Å². The van der Waals surface area contributed by atoms with Crippen molar-refractivity contribution in [1.82, 2.24) is 10.2 Å². The van der Waals surface area contributed by atoms with Gasteiger partial charge in [-0.3, -0.25) is 5.10 Å². The number of hydrogen-bond donors (Lipinski definition) is 2. The number of hydrogen-bond acceptors (Lipinski definition) is 2. The van der Waals surface area contributed by atoms with Gasteiger partial charge >= 0.3 is 0 Å². The molecule has 1 unspecified atom stereocenters. The topological polar surface area (TPSA) is 54.7 Å². The molecule has 2 aliphatic rings. The van der Waals surface area contributed by atoms with Crippen molar-refractivity contribution in [1.29, 1.82) is 0 Å². The van der Waals surface area contributed by atoms with E-state index in [1.165, 1.54) is 36.2 Å². The first-order valence-electron chi connectivity index (χ1n) is 5.97. The van der Waals surface area contributed by atoms with Crippen LogP contribution in [0.2, 0.25) is 0 Å². The maximum absolute atomic E-state index is 6.41. The number of nitrogens with zero attached hydrogens (tertiary/aromatic N) is 1. The first-order valence-corrected chi connectivity index (χ1v) is 5.97. The molecule has 0 saturated heterocycles. The van der Waals surface area contributed by atoms with Crippen LogP contribution in [0.5, 0.6) is 0 Å². The quantitative estimate of drug-likeness (QED) is 0.739. The van der Waals surface area contributed by atoms with E-state index in [4.69, 9.17) is 5.73 Å². The second-order valence-electron chi connectivity index (χ2n) is 5.50. The molecule has 1 aromatic rings. The fourth-order valence-corrected chi connectivity index (χ4v) is 2.94. The zero-order chi connectivity index (χ0) is 10.6. The number of aromatic nitrogens is 2. The highest BCUT2D eigenvalue weighted by molar-refractivity contribution is 5.36. The Kier molecular flexibility index (Phi) is 1.78. The maximum Gasteiger partial charge on any atom is 0.0698 e. The van der Waals surface area contributed by atoms with E-state index in [-0.39, 0.29) is 6.04 Å². The van der Waals surface area contributed by atoms with Crippen molar-refractivity contribution in [3.05, 3.63) is 17.0 Å². The molecule has 1 atom stereocenters. The van der Waals surface area contributed by atoms with E-state index in [9.17, 15) is 0 Å². The van der Waals surface area contributed by atoms with E-state index in [1.807, 2.05) is 0 Å². The molecule has 1 fully saturated rings. The fraction of sp³-hybridized carbons (Fsp3) is 0.750. The van der Waals surface area contributed by atoms with Crippen molar-refractivity contribution in [2.45, 2.75) is 51.5 Å². The van der Waals surface area contributed by atoms with E-state index >= 15 is 0 Å². The highest BCUT2D eigenvalue weighted by atomic mass is 15.1. The zero-order valence-electron chi connectivity index (χ0n) is 9.51. The van der Waals surface area contributed by atoms with Crippen LogP contribution in [0.15, 0.2) is 0 Å². The van der Waals surface area contributed by atoms with Crippen LogP contribution in [-0.2, 0) is 6.42 Å². The molecule has 0 radical (unpaired) electrons. The largest absolute Gasteiger partial charge is 0.323 e. The number of nitrogens with one attached hydrogen (secondary N) is 1. The Balaban J connectivity index is 2.07. The molecular weight excluding hydrogens is 186 g/mol. The minimum atomic E-state index is 0.234. The minimum Gasteiger partial charge on any atom is -0.323 e. The van der Waals surface area contributed by atoms with Gasteiger partial charge in [-0.1, -0.05) is 13.8 Å². The van der Waals surface area contributed by atoms with E-state index in [1.54, 1.807) is 0 Å². The second-order valence-corrected chi connectivity index (χ2v) is 5.50. The predicted molar refractivity (Wildman–Crippen MR) is 59.6 cm³/mol. The van der Waals surface area contributed by atoms with Gasteiger partial charge in [-0.05, 0) is 37.0 Å². The van der Waals surface area contributed by atoms with Gasteiger partial charge in [-0.2, -0.15) is 5.10 Å². The molecule has 3 nitrogen and oxygen atoms in total. The Morgan fingerprint density at radius 2 is 2.13 bits per heavy atom. The van der Waals surface area contributed by atoms with Gasteiger partial charge in [0, 0.05) is 17.3 Å². The maximum atomic E-state index is 6.41. The smallest absolute Gasteiger partial charge is 0.0698 e. The Morgan fingerprint density at radius 3 is 2.73 bits per heavy atom. The summed E-state index contributed by atoms with van der Waals surface area (Å²) in [5.41, 5.74) is 10.7. The summed E-state index contributed by atoms with van der Waals surface area (Å²) < 4.78 is 0. The molecule has 15 heavy (non-hydrogen) atoms. The number of fused-ring (bicyclic) bond motifs is 1. The molecule has 0 bridgehead atoms. The molecule has 1 aromatic heterocycles. The zero-order valence-corrected chi connectivity index (χ0v) is 9.51. The monoisotopic (exact) mass is 205 g/mol. The van der Waals surface area contributed by atoms with Gasteiger partial charge in [-0.15, -0.1) is 0 Å². The summed E-state index contributed by atoms with van der Waals surface area (Å²) in [6, 6.07) is 0.234. The number of H-pyrrole nitrogens is 1. The summed E-state index contributed by atoms with van der Waals surface area (Å²) in [6.45, 7) is 4.38. The third kappa shape index (κ3) is 1.19. The molecule has 1 saturated carbocycles. The van der Waals surface area contributed by atoms with Gasteiger partial charge < -0.3 is 5.73 Å². The van der Waals surface area contributed by atoms with Gasteiger partial charge in [-0.25, -0.2) is 0 Å². The van der Waals surface area contributed by atoms with Gasteiger partial charge in [0.25, 0.3) is 0 Å². The minimum absolute atomic E-state index is 0.234. The molecule has 1 spiro atoms. The fourth-order valence-electron chi connectivity index (χ4n) is 2.94. The summed E-state index contributed by atoms with van der Waals surface area (Å²) in [4.78, 5) is 0. The Bertz CT molecular complexity index is 388. The second kappa shape index (κ2) is 2.85. The molecule has 3 heteroatoms. The van der Waals surface area contributed by atoms with Crippen LogP contribution < -0.4 is 5.73 Å². The third-order valence-electron chi connectivity index (χ3n) is 4.20. The van der Waals surface area contributed by atoms with E-state index < -0.39 is 0 Å². The molecule has 1 heterocycles. The van der Waals surface area contributed by atoms with Gasteiger partial charge in [0.05, 0.1) is 5.69 Å². The molecule has 0 aliphatic heterocycles. The Morgan fingerprint density at radius 1 is 1.40 bits per heavy atom. The van der Waals surface area contributed by atoms with Gasteiger partial charge in [0.15, 0.2) is 0 Å². The highest BCUT2D eigenvalue weighted by Crippen LogP contribution is 2.60. The van der Waals surface area contributed by atoms with Crippen LogP contribution in [0, 0.1) is 5.41 Å². The average Bonchev–Trinajstić information content (AvgIpc) is 2.83. The van der Waals surface area contributed by atoms with Crippen LogP contribution in [-0.4, -0.2) is 10.2 Å². The lowest BCUT2D eigenvalue weighted by Gasteiger charge is -2.29.